The smallest absolute Gasteiger partial charge is 0.255 e. The Balaban J connectivity index is 1.42. The van der Waals surface area contributed by atoms with Gasteiger partial charge < -0.3 is 10.2 Å². The molecule has 5 nitrogen and oxygen atoms in total. The molecule has 1 aromatic heterocycles. The minimum Gasteiger partial charge on any atom is -0.355 e. The number of amides is 1. The van der Waals surface area contributed by atoms with Crippen molar-refractivity contribution in [1.82, 2.24) is 10.2 Å². The minimum absolute atomic E-state index is 0.170. The number of hydrogen-bond donors (Lipinski definition) is 1. The number of rotatable bonds is 4. The normalized spacial score (nSPS) is 14.3. The lowest BCUT2D eigenvalue weighted by molar-refractivity contribution is 0.102. The van der Waals surface area contributed by atoms with E-state index >= 15 is 0 Å². The van der Waals surface area contributed by atoms with Crippen LogP contribution < -0.4 is 10.2 Å². The topological polar surface area (TPSA) is 58.1 Å². The van der Waals surface area contributed by atoms with Crippen molar-refractivity contribution in [2.75, 3.05) is 23.3 Å². The molecule has 1 aliphatic heterocycles. The van der Waals surface area contributed by atoms with Crippen molar-refractivity contribution < 1.29 is 4.79 Å². The van der Waals surface area contributed by atoms with E-state index in [0.717, 1.165) is 35.9 Å². The molecular weight excluding hydrogens is 384 g/mol. The fraction of sp³-hybridized carbons (Fsp3) is 0.261. The molecule has 0 saturated carbocycles. The van der Waals surface area contributed by atoms with Gasteiger partial charge in [-0.05, 0) is 61.4 Å². The van der Waals surface area contributed by atoms with Gasteiger partial charge in [0.25, 0.3) is 5.91 Å². The molecule has 1 saturated heterocycles. The van der Waals surface area contributed by atoms with Gasteiger partial charge in [-0.2, -0.15) is 0 Å². The first-order valence-corrected chi connectivity index (χ1v) is 10.3. The van der Waals surface area contributed by atoms with Crippen LogP contribution in [0.1, 0.15) is 36.0 Å². The molecule has 0 aliphatic carbocycles. The second-order valence-electron chi connectivity index (χ2n) is 7.22. The van der Waals surface area contributed by atoms with E-state index in [1.165, 1.54) is 25.7 Å². The lowest BCUT2D eigenvalue weighted by atomic mass is 10.1. The number of carbonyl (C=O) groups is 1. The lowest BCUT2D eigenvalue weighted by Gasteiger charge is -2.20. The summed E-state index contributed by atoms with van der Waals surface area (Å²) in [6.45, 7) is 2.10. The summed E-state index contributed by atoms with van der Waals surface area (Å²) in [4.78, 5) is 14.6. The predicted molar refractivity (Wildman–Crippen MR) is 118 cm³/mol. The summed E-state index contributed by atoms with van der Waals surface area (Å²) in [7, 11) is 0. The summed E-state index contributed by atoms with van der Waals surface area (Å²) in [6.07, 6.45) is 5.02. The molecule has 0 spiro atoms. The number of anilines is 2. The molecule has 0 unspecified atom stereocenters. The third-order valence-corrected chi connectivity index (χ3v) is 5.38. The van der Waals surface area contributed by atoms with Crippen LogP contribution in [-0.4, -0.2) is 29.2 Å². The number of aromatic nitrogens is 2. The van der Waals surface area contributed by atoms with Crippen LogP contribution >= 0.6 is 11.6 Å². The molecular formula is C23H23ClN4O. The van der Waals surface area contributed by atoms with Crippen LogP contribution in [0.2, 0.25) is 5.02 Å². The zero-order valence-electron chi connectivity index (χ0n) is 16.1. The van der Waals surface area contributed by atoms with Crippen molar-refractivity contribution in [3.63, 3.8) is 0 Å². The van der Waals surface area contributed by atoms with E-state index in [4.69, 9.17) is 11.6 Å². The highest BCUT2D eigenvalue weighted by atomic mass is 35.5. The molecule has 3 aromatic rings. The largest absolute Gasteiger partial charge is 0.355 e. The number of benzene rings is 2. The van der Waals surface area contributed by atoms with Gasteiger partial charge >= 0.3 is 0 Å². The van der Waals surface area contributed by atoms with Crippen LogP contribution in [0.5, 0.6) is 0 Å². The quantitative estimate of drug-likeness (QED) is 0.627. The van der Waals surface area contributed by atoms with E-state index in [1.54, 1.807) is 24.3 Å². The van der Waals surface area contributed by atoms with Crippen molar-refractivity contribution >= 4 is 29.0 Å². The molecule has 4 rings (SSSR count). The molecule has 1 fully saturated rings. The van der Waals surface area contributed by atoms with Crippen molar-refractivity contribution in [1.29, 1.82) is 0 Å². The maximum Gasteiger partial charge on any atom is 0.255 e. The van der Waals surface area contributed by atoms with E-state index in [9.17, 15) is 4.79 Å². The van der Waals surface area contributed by atoms with Gasteiger partial charge in [-0.3, -0.25) is 4.79 Å². The third kappa shape index (κ3) is 4.93. The SMILES string of the molecule is O=C(Nc1ccc(-c2ccc(N3CCCCCC3)nn2)cc1)c1ccc(Cl)cc1. The Morgan fingerprint density at radius 3 is 2.14 bits per heavy atom. The van der Waals surface area contributed by atoms with Crippen LogP contribution in [0, 0.1) is 0 Å². The van der Waals surface area contributed by atoms with E-state index in [1.807, 2.05) is 36.4 Å². The predicted octanol–water partition coefficient (Wildman–Crippen LogP) is 5.43. The summed E-state index contributed by atoms with van der Waals surface area (Å²) < 4.78 is 0. The number of halogens is 1. The minimum atomic E-state index is -0.170. The zero-order chi connectivity index (χ0) is 20.1. The molecule has 2 heterocycles. The molecule has 0 atom stereocenters. The van der Waals surface area contributed by atoms with Crippen LogP contribution in [-0.2, 0) is 0 Å². The van der Waals surface area contributed by atoms with Gasteiger partial charge in [0.05, 0.1) is 5.69 Å². The third-order valence-electron chi connectivity index (χ3n) is 5.13. The summed E-state index contributed by atoms with van der Waals surface area (Å²) in [6, 6.07) is 18.5. The molecule has 1 amide bonds. The lowest BCUT2D eigenvalue weighted by Crippen LogP contribution is -2.25. The van der Waals surface area contributed by atoms with Crippen molar-refractivity contribution in [2.45, 2.75) is 25.7 Å². The summed E-state index contributed by atoms with van der Waals surface area (Å²) in [5, 5.41) is 12.3. The molecule has 0 bridgehead atoms. The molecule has 1 aliphatic rings. The second-order valence-corrected chi connectivity index (χ2v) is 7.65. The first-order valence-electron chi connectivity index (χ1n) is 9.95. The van der Waals surface area contributed by atoms with Crippen LogP contribution in [0.3, 0.4) is 0 Å². The average molecular weight is 407 g/mol. The first kappa shape index (κ1) is 19.4. The zero-order valence-corrected chi connectivity index (χ0v) is 16.9. The fourth-order valence-corrected chi connectivity index (χ4v) is 3.60. The molecule has 6 heteroatoms. The highest BCUT2D eigenvalue weighted by Gasteiger charge is 2.12. The Morgan fingerprint density at radius 1 is 0.828 bits per heavy atom. The maximum atomic E-state index is 12.3. The van der Waals surface area contributed by atoms with E-state index in [-0.39, 0.29) is 5.91 Å². The van der Waals surface area contributed by atoms with Gasteiger partial charge in [-0.1, -0.05) is 36.6 Å². The summed E-state index contributed by atoms with van der Waals surface area (Å²) >= 11 is 5.87. The van der Waals surface area contributed by atoms with Gasteiger partial charge in [0.15, 0.2) is 5.82 Å². The van der Waals surface area contributed by atoms with Crippen LogP contribution in [0.15, 0.2) is 60.7 Å². The van der Waals surface area contributed by atoms with Gasteiger partial charge in [-0.25, -0.2) is 0 Å². The summed E-state index contributed by atoms with van der Waals surface area (Å²) in [5.41, 5.74) is 3.07. The Kier molecular flexibility index (Phi) is 6.06. The number of carbonyl (C=O) groups excluding carboxylic acids is 1. The van der Waals surface area contributed by atoms with Crippen molar-refractivity contribution in [3.8, 4) is 11.3 Å². The maximum absolute atomic E-state index is 12.3. The van der Waals surface area contributed by atoms with Gasteiger partial charge in [-0.15, -0.1) is 10.2 Å². The first-order chi connectivity index (χ1) is 14.2. The molecule has 29 heavy (non-hydrogen) atoms. The molecule has 148 valence electrons. The Bertz CT molecular complexity index is 948. The van der Waals surface area contributed by atoms with E-state index in [2.05, 4.69) is 20.4 Å². The Labute approximate surface area is 175 Å². The Morgan fingerprint density at radius 2 is 1.52 bits per heavy atom. The number of hydrogen-bond acceptors (Lipinski definition) is 4. The highest BCUT2D eigenvalue weighted by Crippen LogP contribution is 2.22. The molecule has 2 aromatic carbocycles. The average Bonchev–Trinajstić information content (AvgIpc) is 3.04. The van der Waals surface area contributed by atoms with Gasteiger partial charge in [0.2, 0.25) is 0 Å². The highest BCUT2D eigenvalue weighted by molar-refractivity contribution is 6.30. The molecule has 0 radical (unpaired) electrons. The van der Waals surface area contributed by atoms with E-state index in [0.29, 0.717) is 10.6 Å². The summed E-state index contributed by atoms with van der Waals surface area (Å²) in [5.74, 6) is 0.776. The van der Waals surface area contributed by atoms with Crippen LogP contribution in [0.25, 0.3) is 11.3 Å². The second kappa shape index (κ2) is 9.05. The standard InChI is InChI=1S/C23H23ClN4O/c24-19-9-5-18(6-10-19)23(29)25-20-11-7-17(8-12-20)21-13-14-22(27-26-21)28-15-3-1-2-4-16-28/h5-14H,1-4,15-16H2,(H,25,29). The monoisotopic (exact) mass is 406 g/mol. The molecule has 1 N–H and O–H groups in total. The van der Waals surface area contributed by atoms with Gasteiger partial charge in [0, 0.05) is 34.9 Å². The van der Waals surface area contributed by atoms with Gasteiger partial charge in [0.1, 0.15) is 0 Å². The van der Waals surface area contributed by atoms with Crippen molar-refractivity contribution in [3.05, 3.63) is 71.2 Å². The Hall–Kier alpha value is -2.92. The number of nitrogens with one attached hydrogen (secondary N) is 1. The van der Waals surface area contributed by atoms with Crippen LogP contribution in [0.4, 0.5) is 11.5 Å². The fourth-order valence-electron chi connectivity index (χ4n) is 3.48. The van der Waals surface area contributed by atoms with Crippen molar-refractivity contribution in [2.24, 2.45) is 0 Å². The van der Waals surface area contributed by atoms with E-state index < -0.39 is 0 Å². The number of nitrogens with zero attached hydrogens (tertiary/aromatic N) is 3.